The number of nitrogens with one attached hydrogen (secondary N) is 1. The Labute approximate surface area is 143 Å². The third kappa shape index (κ3) is 5.23. The van der Waals surface area contributed by atoms with Gasteiger partial charge in [-0.3, -0.25) is 4.90 Å². The van der Waals surface area contributed by atoms with Crippen molar-refractivity contribution in [3.8, 4) is 0 Å². The molecule has 24 heavy (non-hydrogen) atoms. The van der Waals surface area contributed by atoms with Crippen LogP contribution in [0.15, 0.2) is 34.1 Å². The van der Waals surface area contributed by atoms with E-state index in [0.717, 1.165) is 13.1 Å². The van der Waals surface area contributed by atoms with Crippen LogP contribution in [-0.4, -0.2) is 60.1 Å². The predicted molar refractivity (Wildman–Crippen MR) is 89.5 cm³/mol. The number of hydrogen-bond donors (Lipinski definition) is 2. The van der Waals surface area contributed by atoms with Crippen molar-refractivity contribution in [2.75, 3.05) is 26.2 Å². The first-order chi connectivity index (χ1) is 11.1. The summed E-state index contributed by atoms with van der Waals surface area (Å²) in [6.45, 7) is 6.33. The van der Waals surface area contributed by atoms with Crippen LogP contribution < -0.4 is 9.86 Å². The third-order valence-corrected chi connectivity index (χ3v) is 6.08. The molecule has 136 valence electrons. The summed E-state index contributed by atoms with van der Waals surface area (Å²) in [5.41, 5.74) is 0. The molecule has 0 spiro atoms. The molecule has 3 N–H and O–H groups in total. The molecule has 1 aliphatic rings. The summed E-state index contributed by atoms with van der Waals surface area (Å²) in [6, 6.07) is 4.80. The molecule has 2 rings (SSSR count). The summed E-state index contributed by atoms with van der Waals surface area (Å²) >= 11 is 0. The normalized spacial score (nSPS) is 23.3. The maximum Gasteiger partial charge on any atom is 0.240 e. The average Bonchev–Trinajstić information content (AvgIpc) is 2.45. The van der Waals surface area contributed by atoms with Crippen molar-refractivity contribution in [1.82, 2.24) is 9.62 Å². The molecule has 0 amide bonds. The number of morpholine rings is 1. The summed E-state index contributed by atoms with van der Waals surface area (Å²) in [6.07, 6.45) is 0.243. The van der Waals surface area contributed by atoms with E-state index in [1.54, 1.807) is 0 Å². The summed E-state index contributed by atoms with van der Waals surface area (Å²) in [5, 5.41) is 4.99. The molecule has 1 fully saturated rings. The van der Waals surface area contributed by atoms with Gasteiger partial charge >= 0.3 is 0 Å². The van der Waals surface area contributed by atoms with E-state index in [9.17, 15) is 16.8 Å². The lowest BCUT2D eigenvalue weighted by Gasteiger charge is -2.35. The fourth-order valence-corrected chi connectivity index (χ4v) is 4.23. The third-order valence-electron chi connectivity index (χ3n) is 3.68. The van der Waals surface area contributed by atoms with Crippen LogP contribution in [0.2, 0.25) is 0 Å². The zero-order valence-corrected chi connectivity index (χ0v) is 15.3. The van der Waals surface area contributed by atoms with Crippen molar-refractivity contribution >= 4 is 20.0 Å². The molecule has 0 bridgehead atoms. The van der Waals surface area contributed by atoms with Crippen LogP contribution in [0.25, 0.3) is 0 Å². The molecular formula is C14H23N3O5S2. The molecule has 1 aromatic rings. The Bertz CT molecular complexity index is 752. The molecule has 10 heteroatoms. The van der Waals surface area contributed by atoms with Crippen LogP contribution in [0.4, 0.5) is 0 Å². The minimum absolute atomic E-state index is 0.00128. The fourth-order valence-electron chi connectivity index (χ4n) is 2.70. The Morgan fingerprint density at radius 2 is 1.58 bits per heavy atom. The van der Waals surface area contributed by atoms with Gasteiger partial charge in [-0.15, -0.1) is 0 Å². The van der Waals surface area contributed by atoms with Gasteiger partial charge in [0.05, 0.1) is 22.0 Å². The molecule has 1 heterocycles. The number of nitrogens with zero attached hydrogens (tertiary/aromatic N) is 1. The average molecular weight is 377 g/mol. The minimum atomic E-state index is -3.84. The monoisotopic (exact) mass is 377 g/mol. The second-order valence-corrected chi connectivity index (χ2v) is 9.26. The van der Waals surface area contributed by atoms with Gasteiger partial charge in [0.25, 0.3) is 0 Å². The molecule has 0 aromatic heterocycles. The van der Waals surface area contributed by atoms with Gasteiger partial charge in [0, 0.05) is 26.2 Å². The van der Waals surface area contributed by atoms with Gasteiger partial charge in [-0.1, -0.05) is 0 Å². The number of rotatable bonds is 6. The van der Waals surface area contributed by atoms with Gasteiger partial charge in [0.1, 0.15) is 0 Å². The quantitative estimate of drug-likeness (QED) is 0.704. The maximum atomic E-state index is 12.2. The van der Waals surface area contributed by atoms with Gasteiger partial charge in [0.15, 0.2) is 0 Å². The van der Waals surface area contributed by atoms with E-state index in [1.807, 2.05) is 13.8 Å². The molecule has 0 saturated carbocycles. The Hall–Kier alpha value is -1.04. The smallest absolute Gasteiger partial charge is 0.240 e. The van der Waals surface area contributed by atoms with Crippen LogP contribution in [0.5, 0.6) is 0 Å². The molecule has 8 nitrogen and oxygen atoms in total. The zero-order chi connectivity index (χ0) is 18.0. The lowest BCUT2D eigenvalue weighted by molar-refractivity contribution is -0.0671. The molecule has 1 aliphatic heterocycles. The van der Waals surface area contributed by atoms with Crippen molar-refractivity contribution in [1.29, 1.82) is 0 Å². The maximum absolute atomic E-state index is 12.2. The van der Waals surface area contributed by atoms with Crippen molar-refractivity contribution < 1.29 is 21.6 Å². The summed E-state index contributed by atoms with van der Waals surface area (Å²) in [5.74, 6) is 0. The number of hydrogen-bond acceptors (Lipinski definition) is 6. The second kappa shape index (κ2) is 7.46. The molecular weight excluding hydrogens is 354 g/mol. The van der Waals surface area contributed by atoms with Crippen LogP contribution in [-0.2, 0) is 24.8 Å². The fraction of sp³-hybridized carbons (Fsp3) is 0.571. The number of sulfonamides is 2. The first-order valence-corrected chi connectivity index (χ1v) is 10.6. The highest BCUT2D eigenvalue weighted by Crippen LogP contribution is 2.13. The van der Waals surface area contributed by atoms with Crippen molar-refractivity contribution in [3.63, 3.8) is 0 Å². The van der Waals surface area contributed by atoms with Gasteiger partial charge < -0.3 is 4.74 Å². The second-order valence-electron chi connectivity index (χ2n) is 5.93. The molecule has 0 aliphatic carbocycles. The Balaban J connectivity index is 1.94. The Morgan fingerprint density at radius 3 is 2.08 bits per heavy atom. The topological polar surface area (TPSA) is 119 Å². The number of ether oxygens (including phenoxy) is 1. The van der Waals surface area contributed by atoms with Crippen molar-refractivity contribution in [2.45, 2.75) is 35.8 Å². The van der Waals surface area contributed by atoms with E-state index in [0.29, 0.717) is 6.54 Å². The highest BCUT2D eigenvalue weighted by Gasteiger charge is 2.22. The van der Waals surface area contributed by atoms with E-state index in [-0.39, 0.29) is 28.5 Å². The summed E-state index contributed by atoms with van der Waals surface area (Å²) < 4.78 is 55.0. The molecule has 1 aromatic carbocycles. The summed E-state index contributed by atoms with van der Waals surface area (Å²) in [7, 11) is -7.53. The first kappa shape index (κ1) is 19.3. The van der Waals surface area contributed by atoms with Gasteiger partial charge in [-0.25, -0.2) is 26.7 Å². The van der Waals surface area contributed by atoms with Crippen molar-refractivity contribution in [2.24, 2.45) is 5.14 Å². The number of nitrogens with two attached hydrogens (primary N) is 1. The Kier molecular flexibility index (Phi) is 6.00. The van der Waals surface area contributed by atoms with Crippen LogP contribution in [0, 0.1) is 0 Å². The lowest BCUT2D eigenvalue weighted by atomic mass is 10.2. The minimum Gasteiger partial charge on any atom is -0.373 e. The number of primary sulfonamides is 1. The van der Waals surface area contributed by atoms with E-state index < -0.39 is 20.0 Å². The van der Waals surface area contributed by atoms with Gasteiger partial charge in [0.2, 0.25) is 20.0 Å². The number of benzene rings is 1. The van der Waals surface area contributed by atoms with Crippen LogP contribution >= 0.6 is 0 Å². The first-order valence-electron chi connectivity index (χ1n) is 7.58. The van der Waals surface area contributed by atoms with Crippen LogP contribution in [0.3, 0.4) is 0 Å². The standard InChI is InChI=1S/C14H23N3O5S2/c1-11-9-17(10-12(2)22-11)8-7-16-24(20,21)14-5-3-13(4-6-14)23(15,18)19/h3-6,11-12,16H,7-10H2,1-2H3,(H2,15,18,19). The largest absolute Gasteiger partial charge is 0.373 e. The zero-order valence-electron chi connectivity index (χ0n) is 13.7. The van der Waals surface area contributed by atoms with E-state index in [1.165, 1.54) is 24.3 Å². The van der Waals surface area contributed by atoms with Crippen molar-refractivity contribution in [3.05, 3.63) is 24.3 Å². The van der Waals surface area contributed by atoms with E-state index >= 15 is 0 Å². The SMILES string of the molecule is CC1CN(CCNS(=O)(=O)c2ccc(S(N)(=O)=O)cc2)CC(C)O1. The Morgan fingerprint density at radius 1 is 1.08 bits per heavy atom. The lowest BCUT2D eigenvalue weighted by Crippen LogP contribution is -2.47. The van der Waals surface area contributed by atoms with E-state index in [4.69, 9.17) is 9.88 Å². The highest BCUT2D eigenvalue weighted by molar-refractivity contribution is 7.89. The molecule has 2 atom stereocenters. The van der Waals surface area contributed by atoms with Gasteiger partial charge in [-0.2, -0.15) is 0 Å². The predicted octanol–water partition coefficient (Wildman–Crippen LogP) is -0.278. The van der Waals surface area contributed by atoms with E-state index in [2.05, 4.69) is 9.62 Å². The molecule has 2 unspecified atom stereocenters. The van der Waals surface area contributed by atoms with Crippen LogP contribution in [0.1, 0.15) is 13.8 Å². The summed E-state index contributed by atoms with van der Waals surface area (Å²) in [4.78, 5) is 2.02. The molecule has 0 radical (unpaired) electrons. The van der Waals surface area contributed by atoms with Gasteiger partial charge in [-0.05, 0) is 38.1 Å². The molecule has 1 saturated heterocycles. The highest BCUT2D eigenvalue weighted by atomic mass is 32.2.